The zero-order valence-electron chi connectivity index (χ0n) is 10.5. The van der Waals surface area contributed by atoms with Crippen LogP contribution in [-0.4, -0.2) is 4.90 Å². The van der Waals surface area contributed by atoms with Gasteiger partial charge in [0.25, 0.3) is 0 Å². The van der Waals surface area contributed by atoms with Crippen LogP contribution in [0.3, 0.4) is 0 Å². The summed E-state index contributed by atoms with van der Waals surface area (Å²) in [5.41, 5.74) is 1.03. The molecule has 0 N–H and O–H groups in total. The molecule has 0 spiro atoms. The van der Waals surface area contributed by atoms with Gasteiger partial charge in [-0.05, 0) is 37.7 Å². The standard InChI is InChI=1S/C14H16F3N/c1-4-18(9-11(2)3)10-12-6-5-7-13(8-12)14(15,16)17/h4-9H,1,10H2,2-3H3. The zero-order chi connectivity index (χ0) is 13.8. The first-order valence-corrected chi connectivity index (χ1v) is 5.52. The minimum Gasteiger partial charge on any atom is -0.351 e. The first kappa shape index (κ1) is 14.4. The van der Waals surface area contributed by atoms with Gasteiger partial charge < -0.3 is 4.90 Å². The van der Waals surface area contributed by atoms with Crippen LogP contribution in [0.25, 0.3) is 0 Å². The molecule has 0 aliphatic rings. The van der Waals surface area contributed by atoms with Crippen molar-refractivity contribution in [3.8, 4) is 0 Å². The predicted octanol–water partition coefficient (Wildman–Crippen LogP) is 4.57. The van der Waals surface area contributed by atoms with Crippen molar-refractivity contribution in [1.29, 1.82) is 0 Å². The van der Waals surface area contributed by atoms with Gasteiger partial charge in [-0.3, -0.25) is 0 Å². The number of allylic oxidation sites excluding steroid dienone is 1. The molecule has 98 valence electrons. The highest BCUT2D eigenvalue weighted by Crippen LogP contribution is 2.29. The Kier molecular flexibility index (Phi) is 4.59. The van der Waals surface area contributed by atoms with E-state index in [-0.39, 0.29) is 0 Å². The van der Waals surface area contributed by atoms with Crippen molar-refractivity contribution in [3.63, 3.8) is 0 Å². The Morgan fingerprint density at radius 3 is 2.50 bits per heavy atom. The Morgan fingerprint density at radius 1 is 1.33 bits per heavy atom. The second kappa shape index (κ2) is 5.76. The molecule has 0 fully saturated rings. The van der Waals surface area contributed by atoms with Crippen molar-refractivity contribution in [2.45, 2.75) is 26.6 Å². The Morgan fingerprint density at radius 2 is 2.00 bits per heavy atom. The van der Waals surface area contributed by atoms with Crippen LogP contribution >= 0.6 is 0 Å². The molecule has 0 atom stereocenters. The molecular formula is C14H16F3N. The Hall–Kier alpha value is -1.71. The fourth-order valence-corrected chi connectivity index (χ4v) is 1.55. The third kappa shape index (κ3) is 4.28. The number of halogens is 3. The van der Waals surface area contributed by atoms with Crippen molar-refractivity contribution >= 4 is 0 Å². The Bertz CT molecular complexity index is 443. The minimum absolute atomic E-state index is 0.374. The highest BCUT2D eigenvalue weighted by atomic mass is 19.4. The van der Waals surface area contributed by atoms with E-state index in [2.05, 4.69) is 6.58 Å². The number of hydrogen-bond acceptors (Lipinski definition) is 1. The van der Waals surface area contributed by atoms with Crippen molar-refractivity contribution in [2.75, 3.05) is 0 Å². The second-order valence-corrected chi connectivity index (χ2v) is 4.26. The largest absolute Gasteiger partial charge is 0.416 e. The molecule has 0 aliphatic carbocycles. The van der Waals surface area contributed by atoms with Crippen molar-refractivity contribution in [2.24, 2.45) is 0 Å². The third-order valence-electron chi connectivity index (χ3n) is 2.28. The Balaban J connectivity index is 2.91. The molecule has 0 unspecified atom stereocenters. The summed E-state index contributed by atoms with van der Waals surface area (Å²) in [6.07, 6.45) is -0.869. The molecule has 0 heterocycles. The van der Waals surface area contributed by atoms with Crippen molar-refractivity contribution < 1.29 is 13.2 Å². The van der Waals surface area contributed by atoms with Gasteiger partial charge in [-0.2, -0.15) is 13.2 Å². The maximum atomic E-state index is 12.6. The summed E-state index contributed by atoms with van der Waals surface area (Å²) in [6, 6.07) is 5.32. The lowest BCUT2D eigenvalue weighted by molar-refractivity contribution is -0.137. The fourth-order valence-electron chi connectivity index (χ4n) is 1.55. The lowest BCUT2D eigenvalue weighted by atomic mass is 10.1. The third-order valence-corrected chi connectivity index (χ3v) is 2.28. The summed E-state index contributed by atoms with van der Waals surface area (Å²) in [5, 5.41) is 0. The van der Waals surface area contributed by atoms with E-state index in [4.69, 9.17) is 0 Å². The SMILES string of the molecule is C=CN(C=C(C)C)Cc1cccc(C(F)(F)F)c1. The first-order valence-electron chi connectivity index (χ1n) is 5.52. The quantitative estimate of drug-likeness (QED) is 0.761. The average Bonchev–Trinajstić information content (AvgIpc) is 2.26. The highest BCUT2D eigenvalue weighted by molar-refractivity contribution is 5.26. The van der Waals surface area contributed by atoms with E-state index in [0.29, 0.717) is 12.1 Å². The van der Waals surface area contributed by atoms with Crippen LogP contribution in [0.2, 0.25) is 0 Å². The molecule has 0 aliphatic heterocycles. The molecule has 1 rings (SSSR count). The number of alkyl halides is 3. The summed E-state index contributed by atoms with van der Waals surface area (Å²) in [5.74, 6) is 0. The molecule has 0 bridgehead atoms. The topological polar surface area (TPSA) is 3.24 Å². The minimum atomic E-state index is -4.30. The number of nitrogens with zero attached hydrogens (tertiary/aromatic N) is 1. The molecule has 0 saturated heterocycles. The van der Waals surface area contributed by atoms with E-state index in [1.54, 1.807) is 17.2 Å². The molecule has 0 radical (unpaired) electrons. The molecule has 1 nitrogen and oxygen atoms in total. The van der Waals surface area contributed by atoms with E-state index < -0.39 is 11.7 Å². The van der Waals surface area contributed by atoms with Crippen LogP contribution in [0.5, 0.6) is 0 Å². The van der Waals surface area contributed by atoms with Crippen LogP contribution < -0.4 is 0 Å². The van der Waals surface area contributed by atoms with Crippen LogP contribution in [0.1, 0.15) is 25.0 Å². The normalized spacial score (nSPS) is 10.9. The summed E-state index contributed by atoms with van der Waals surface area (Å²) >= 11 is 0. The summed E-state index contributed by atoms with van der Waals surface area (Å²) in [7, 11) is 0. The fraction of sp³-hybridized carbons (Fsp3) is 0.286. The van der Waals surface area contributed by atoms with Crippen molar-refractivity contribution in [1.82, 2.24) is 4.90 Å². The summed E-state index contributed by atoms with van der Waals surface area (Å²) in [6.45, 7) is 7.85. The lowest BCUT2D eigenvalue weighted by Crippen LogP contribution is -2.11. The van der Waals surface area contributed by atoms with Crippen LogP contribution in [0.15, 0.2) is 48.8 Å². The molecule has 0 saturated carbocycles. The van der Waals surface area contributed by atoms with Gasteiger partial charge in [-0.15, -0.1) is 0 Å². The monoisotopic (exact) mass is 255 g/mol. The molecule has 1 aromatic rings. The van der Waals surface area contributed by atoms with Crippen molar-refractivity contribution in [3.05, 3.63) is 59.9 Å². The average molecular weight is 255 g/mol. The molecule has 0 amide bonds. The summed E-state index contributed by atoms with van der Waals surface area (Å²) < 4.78 is 37.7. The summed E-state index contributed by atoms with van der Waals surface area (Å²) in [4.78, 5) is 1.75. The van der Waals surface area contributed by atoms with Gasteiger partial charge >= 0.3 is 6.18 Å². The number of rotatable bonds is 4. The van der Waals surface area contributed by atoms with Gasteiger partial charge in [0.2, 0.25) is 0 Å². The number of hydrogen-bond donors (Lipinski definition) is 0. The highest BCUT2D eigenvalue weighted by Gasteiger charge is 2.30. The van der Waals surface area contributed by atoms with E-state index in [9.17, 15) is 13.2 Å². The maximum absolute atomic E-state index is 12.6. The van der Waals surface area contributed by atoms with E-state index in [1.165, 1.54) is 6.07 Å². The van der Waals surface area contributed by atoms with Gasteiger partial charge in [0.15, 0.2) is 0 Å². The van der Waals surface area contributed by atoms with Crippen LogP contribution in [-0.2, 0) is 12.7 Å². The molecular weight excluding hydrogens is 239 g/mol. The van der Waals surface area contributed by atoms with Crippen LogP contribution in [0.4, 0.5) is 13.2 Å². The second-order valence-electron chi connectivity index (χ2n) is 4.26. The van der Waals surface area contributed by atoms with Gasteiger partial charge in [0.1, 0.15) is 0 Å². The van der Waals surface area contributed by atoms with Gasteiger partial charge in [-0.1, -0.05) is 24.3 Å². The van der Waals surface area contributed by atoms with Crippen LogP contribution in [0, 0.1) is 0 Å². The lowest BCUT2D eigenvalue weighted by Gasteiger charge is -2.17. The molecule has 1 aromatic carbocycles. The molecule has 0 aromatic heterocycles. The Labute approximate surface area is 105 Å². The molecule has 4 heteroatoms. The maximum Gasteiger partial charge on any atom is 0.416 e. The zero-order valence-corrected chi connectivity index (χ0v) is 10.5. The van der Waals surface area contributed by atoms with Gasteiger partial charge in [0, 0.05) is 12.7 Å². The molecule has 18 heavy (non-hydrogen) atoms. The van der Waals surface area contributed by atoms with Gasteiger partial charge in [0.05, 0.1) is 5.56 Å². The first-order chi connectivity index (χ1) is 8.32. The van der Waals surface area contributed by atoms with Gasteiger partial charge in [-0.25, -0.2) is 0 Å². The smallest absolute Gasteiger partial charge is 0.351 e. The van der Waals surface area contributed by atoms with E-state index in [1.807, 2.05) is 20.0 Å². The van der Waals surface area contributed by atoms with E-state index >= 15 is 0 Å². The number of benzene rings is 1. The predicted molar refractivity (Wildman–Crippen MR) is 66.6 cm³/mol. The van der Waals surface area contributed by atoms with E-state index in [0.717, 1.165) is 17.7 Å².